The highest BCUT2D eigenvalue weighted by Crippen LogP contribution is 2.50. The molecule has 0 radical (unpaired) electrons. The van der Waals surface area contributed by atoms with E-state index in [1.807, 2.05) is 25.1 Å². The first-order valence-electron chi connectivity index (χ1n) is 10.6. The van der Waals surface area contributed by atoms with Gasteiger partial charge in [0.25, 0.3) is 8.32 Å². The zero-order valence-electron chi connectivity index (χ0n) is 19.7. The van der Waals surface area contributed by atoms with Crippen molar-refractivity contribution in [2.24, 2.45) is 10.8 Å². The number of hydrogen-bond donors (Lipinski definition) is 0. The summed E-state index contributed by atoms with van der Waals surface area (Å²) in [5.74, 6) is 1.55. The van der Waals surface area contributed by atoms with Crippen LogP contribution in [-0.4, -0.2) is 27.0 Å². The van der Waals surface area contributed by atoms with Crippen molar-refractivity contribution in [1.82, 2.24) is 0 Å². The van der Waals surface area contributed by atoms with Crippen molar-refractivity contribution in [2.75, 3.05) is 7.11 Å². The van der Waals surface area contributed by atoms with Crippen LogP contribution < -0.4 is 9.16 Å². The Balaban J connectivity index is 2.09. The van der Waals surface area contributed by atoms with E-state index in [2.05, 4.69) is 33.9 Å². The molecule has 0 bridgehead atoms. The molecule has 0 N–H and O–H groups in total. The third-order valence-corrected chi connectivity index (χ3v) is 11.2. The van der Waals surface area contributed by atoms with Crippen LogP contribution in [0.3, 0.4) is 0 Å². The number of aryl methyl sites for hydroxylation is 1. The maximum absolute atomic E-state index is 12.8. The van der Waals surface area contributed by atoms with Crippen LogP contribution in [0.25, 0.3) is 0 Å². The lowest BCUT2D eigenvalue weighted by atomic mass is 9.75. The number of benzene rings is 1. The number of methoxy groups -OCH3 is 1. The molecule has 2 rings (SSSR count). The third-order valence-electron chi connectivity index (χ3n) is 6.85. The molecule has 0 aromatic heterocycles. The largest absolute Gasteiger partial charge is 0.541 e. The fourth-order valence-corrected chi connectivity index (χ4v) is 4.27. The first-order chi connectivity index (χ1) is 13.1. The lowest BCUT2D eigenvalue weighted by molar-refractivity contribution is -0.141. The number of rotatable bonds is 9. The van der Waals surface area contributed by atoms with Gasteiger partial charge in [-0.2, -0.15) is 0 Å². The van der Waals surface area contributed by atoms with Crippen molar-refractivity contribution in [3.8, 4) is 11.5 Å². The summed E-state index contributed by atoms with van der Waals surface area (Å²) in [5, 5.41) is 0.0966. The van der Waals surface area contributed by atoms with Crippen molar-refractivity contribution in [3.63, 3.8) is 0 Å². The number of carbonyl (C=O) groups excluding carboxylic acids is 2. The third kappa shape index (κ3) is 5.11. The van der Waals surface area contributed by atoms with Gasteiger partial charge in [0.2, 0.25) is 0 Å². The quantitative estimate of drug-likeness (QED) is 0.366. The molecule has 1 aromatic rings. The summed E-state index contributed by atoms with van der Waals surface area (Å²) in [6.07, 6.45) is 2.73. The Morgan fingerprint density at radius 1 is 1.07 bits per heavy atom. The van der Waals surface area contributed by atoms with Gasteiger partial charge in [0.1, 0.15) is 11.5 Å². The van der Waals surface area contributed by atoms with E-state index in [0.29, 0.717) is 18.6 Å². The topological polar surface area (TPSA) is 52.6 Å². The first-order valence-corrected chi connectivity index (χ1v) is 13.5. The van der Waals surface area contributed by atoms with E-state index in [0.717, 1.165) is 24.2 Å². The van der Waals surface area contributed by atoms with Gasteiger partial charge in [-0.3, -0.25) is 9.59 Å². The minimum Gasteiger partial charge on any atom is -0.541 e. The molecule has 0 spiro atoms. The summed E-state index contributed by atoms with van der Waals surface area (Å²) in [6.45, 7) is 16.5. The summed E-state index contributed by atoms with van der Waals surface area (Å²) < 4.78 is 12.0. The molecule has 1 saturated carbocycles. The van der Waals surface area contributed by atoms with Crippen LogP contribution in [0.1, 0.15) is 66.4 Å². The van der Waals surface area contributed by atoms with Gasteiger partial charge < -0.3 is 9.16 Å². The Hall–Kier alpha value is -1.62. The van der Waals surface area contributed by atoms with E-state index >= 15 is 0 Å². The van der Waals surface area contributed by atoms with Crippen LogP contribution >= 0.6 is 0 Å². The van der Waals surface area contributed by atoms with E-state index in [9.17, 15) is 9.59 Å². The number of carbonyl (C=O) groups is 2. The van der Waals surface area contributed by atoms with Crippen LogP contribution in [0, 0.1) is 10.8 Å². The summed E-state index contributed by atoms with van der Waals surface area (Å²) in [5.41, 5.74) is -0.190. The van der Waals surface area contributed by atoms with E-state index in [-0.39, 0.29) is 22.0 Å². The predicted molar refractivity (Wildman–Crippen MR) is 120 cm³/mol. The van der Waals surface area contributed by atoms with Crippen molar-refractivity contribution in [3.05, 3.63) is 23.8 Å². The second-order valence-electron chi connectivity index (χ2n) is 10.8. The number of Topliss-reactive ketones (excluding diaryl/α,β-unsaturated/α-hetero) is 2. The maximum atomic E-state index is 12.8. The van der Waals surface area contributed by atoms with Gasteiger partial charge in [-0.05, 0) is 68.9 Å². The van der Waals surface area contributed by atoms with Gasteiger partial charge in [0, 0.05) is 11.8 Å². The van der Waals surface area contributed by atoms with Crippen LogP contribution in [0.4, 0.5) is 0 Å². The molecular weight excluding hydrogens is 380 g/mol. The maximum Gasteiger partial charge on any atom is 0.250 e. The van der Waals surface area contributed by atoms with Gasteiger partial charge in [-0.1, -0.05) is 33.8 Å². The molecule has 29 heavy (non-hydrogen) atoms. The second kappa shape index (κ2) is 7.90. The van der Waals surface area contributed by atoms with Gasteiger partial charge >= 0.3 is 0 Å². The summed E-state index contributed by atoms with van der Waals surface area (Å²) in [6, 6.07) is 5.89. The molecule has 0 aliphatic heterocycles. The Bertz CT molecular complexity index is 783. The lowest BCUT2D eigenvalue weighted by Crippen LogP contribution is -2.43. The minimum atomic E-state index is -1.97. The normalized spacial score (nSPS) is 16.3. The number of hydrogen-bond acceptors (Lipinski definition) is 4. The van der Waals surface area contributed by atoms with Gasteiger partial charge in [0.15, 0.2) is 11.5 Å². The molecule has 162 valence electrons. The molecule has 0 heterocycles. The van der Waals surface area contributed by atoms with Crippen molar-refractivity contribution < 1.29 is 18.8 Å². The zero-order chi connectivity index (χ0) is 22.3. The molecule has 1 aliphatic rings. The molecule has 4 nitrogen and oxygen atoms in total. The molecule has 1 fully saturated rings. The Morgan fingerprint density at radius 2 is 1.66 bits per heavy atom. The van der Waals surface area contributed by atoms with Gasteiger partial charge in [-0.25, -0.2) is 0 Å². The zero-order valence-corrected chi connectivity index (χ0v) is 20.7. The molecule has 0 amide bonds. The lowest BCUT2D eigenvalue weighted by Gasteiger charge is -2.36. The van der Waals surface area contributed by atoms with Crippen LogP contribution in [-0.2, 0) is 16.0 Å². The second-order valence-corrected chi connectivity index (χ2v) is 15.5. The smallest absolute Gasteiger partial charge is 0.250 e. The van der Waals surface area contributed by atoms with E-state index < -0.39 is 13.7 Å². The standard InChI is InChI=1S/C24H38O4Si/c1-22(2,3)29(8,9)28-18-12-10-17(16-19(18)27-7)11-13-20(25)23(4,5)21(26)24(6)14-15-24/h10,12,16H,11,13-15H2,1-9H3. The number of ketones is 2. The molecule has 1 aliphatic carbocycles. The highest BCUT2D eigenvalue weighted by atomic mass is 28.4. The van der Waals surface area contributed by atoms with Crippen molar-refractivity contribution >= 4 is 19.9 Å². The molecule has 5 heteroatoms. The summed E-state index contributed by atoms with van der Waals surface area (Å²) >= 11 is 0. The molecule has 1 aromatic carbocycles. The van der Waals surface area contributed by atoms with Crippen LogP contribution in [0.5, 0.6) is 11.5 Å². The fraction of sp³-hybridized carbons (Fsp3) is 0.667. The highest BCUT2D eigenvalue weighted by molar-refractivity contribution is 6.74. The van der Waals surface area contributed by atoms with E-state index in [1.54, 1.807) is 21.0 Å². The van der Waals surface area contributed by atoms with Gasteiger partial charge in [-0.15, -0.1) is 0 Å². The molecular formula is C24H38O4Si. The SMILES string of the molecule is COc1cc(CCC(=O)C(C)(C)C(=O)C2(C)CC2)ccc1O[Si](C)(C)C(C)(C)C. The Kier molecular flexibility index (Phi) is 6.44. The first kappa shape index (κ1) is 23.7. The molecule has 0 unspecified atom stereocenters. The summed E-state index contributed by atoms with van der Waals surface area (Å²) in [7, 11) is -0.329. The Morgan fingerprint density at radius 3 is 2.14 bits per heavy atom. The fourth-order valence-electron chi connectivity index (χ4n) is 3.25. The highest BCUT2D eigenvalue weighted by Gasteiger charge is 2.52. The van der Waals surface area contributed by atoms with Crippen LogP contribution in [0.15, 0.2) is 18.2 Å². The Labute approximate surface area is 177 Å². The predicted octanol–water partition coefficient (Wildman–Crippen LogP) is 5.98. The number of ether oxygens (including phenoxy) is 1. The van der Waals surface area contributed by atoms with Crippen molar-refractivity contribution in [2.45, 2.75) is 85.4 Å². The van der Waals surface area contributed by atoms with E-state index in [1.165, 1.54) is 0 Å². The minimum absolute atomic E-state index is 0.0104. The van der Waals surface area contributed by atoms with Gasteiger partial charge in [0.05, 0.1) is 12.5 Å². The average molecular weight is 419 g/mol. The van der Waals surface area contributed by atoms with Crippen molar-refractivity contribution in [1.29, 1.82) is 0 Å². The molecule has 0 saturated heterocycles. The molecule has 0 atom stereocenters. The summed E-state index contributed by atoms with van der Waals surface area (Å²) in [4.78, 5) is 25.5. The van der Waals surface area contributed by atoms with E-state index in [4.69, 9.17) is 9.16 Å². The van der Waals surface area contributed by atoms with Crippen LogP contribution in [0.2, 0.25) is 18.1 Å². The average Bonchev–Trinajstić information content (AvgIpc) is 3.37. The monoisotopic (exact) mass is 418 g/mol.